The van der Waals surface area contributed by atoms with Crippen LogP contribution in [0.4, 0.5) is 14.5 Å². The van der Waals surface area contributed by atoms with Crippen LogP contribution in [0.1, 0.15) is 12.8 Å². The van der Waals surface area contributed by atoms with Crippen molar-refractivity contribution in [3.8, 4) is 0 Å². The Balaban J connectivity index is 1.80. The lowest BCUT2D eigenvalue weighted by molar-refractivity contribution is -0.120. The van der Waals surface area contributed by atoms with Crippen molar-refractivity contribution < 1.29 is 22.0 Å². The Morgan fingerprint density at radius 1 is 1.14 bits per heavy atom. The molecule has 1 saturated heterocycles. The van der Waals surface area contributed by atoms with E-state index in [2.05, 4.69) is 5.32 Å². The number of carbonyl (C=O) groups excluding carboxylic acids is 1. The Morgan fingerprint density at radius 3 is 2.50 bits per heavy atom. The van der Waals surface area contributed by atoms with Crippen LogP contribution in [0.5, 0.6) is 0 Å². The third-order valence-corrected chi connectivity index (χ3v) is 7.06. The van der Waals surface area contributed by atoms with E-state index in [0.717, 1.165) is 16.4 Å². The lowest BCUT2D eigenvalue weighted by atomic mass is 9.98. The second-order valence-electron chi connectivity index (χ2n) is 6.36. The van der Waals surface area contributed by atoms with Crippen LogP contribution in [0.3, 0.4) is 0 Å². The summed E-state index contributed by atoms with van der Waals surface area (Å²) >= 11 is 11.9. The second kappa shape index (κ2) is 8.32. The average Bonchev–Trinajstić information content (AvgIpc) is 2.66. The first-order valence-corrected chi connectivity index (χ1v) is 10.6. The molecule has 0 radical (unpaired) electrons. The van der Waals surface area contributed by atoms with Crippen molar-refractivity contribution in [3.05, 3.63) is 58.1 Å². The number of para-hydroxylation sites is 1. The van der Waals surface area contributed by atoms with Crippen molar-refractivity contribution in [3.63, 3.8) is 0 Å². The Morgan fingerprint density at radius 2 is 1.82 bits per heavy atom. The summed E-state index contributed by atoms with van der Waals surface area (Å²) in [6.45, 7) is 0.0656. The number of sulfonamides is 1. The minimum absolute atomic E-state index is 0.0180. The number of nitrogens with one attached hydrogen (secondary N) is 1. The summed E-state index contributed by atoms with van der Waals surface area (Å²) in [5.74, 6) is -3.22. The average molecular weight is 449 g/mol. The van der Waals surface area contributed by atoms with Crippen LogP contribution in [0.15, 0.2) is 41.3 Å². The third-order valence-electron chi connectivity index (χ3n) is 4.48. The van der Waals surface area contributed by atoms with E-state index < -0.39 is 39.2 Å². The molecular weight excluding hydrogens is 433 g/mol. The van der Waals surface area contributed by atoms with E-state index in [1.54, 1.807) is 0 Å². The molecule has 1 aliphatic rings. The zero-order valence-electron chi connectivity index (χ0n) is 14.5. The lowest BCUT2D eigenvalue weighted by Crippen LogP contribution is -2.43. The van der Waals surface area contributed by atoms with E-state index >= 15 is 0 Å². The monoisotopic (exact) mass is 448 g/mol. The number of halogens is 4. The first-order valence-electron chi connectivity index (χ1n) is 8.40. The topological polar surface area (TPSA) is 66.5 Å². The molecule has 2 aromatic rings. The first-order chi connectivity index (χ1) is 13.2. The summed E-state index contributed by atoms with van der Waals surface area (Å²) in [5, 5.41) is 2.45. The molecule has 5 nitrogen and oxygen atoms in total. The van der Waals surface area contributed by atoms with Crippen LogP contribution in [0, 0.1) is 17.6 Å². The summed E-state index contributed by atoms with van der Waals surface area (Å²) in [6.07, 6.45) is 0.798. The van der Waals surface area contributed by atoms with Gasteiger partial charge in [0.2, 0.25) is 15.9 Å². The highest BCUT2D eigenvalue weighted by Gasteiger charge is 2.35. The van der Waals surface area contributed by atoms with Crippen molar-refractivity contribution in [2.75, 3.05) is 18.4 Å². The van der Waals surface area contributed by atoms with Crippen molar-refractivity contribution in [2.45, 2.75) is 17.7 Å². The number of benzene rings is 2. The lowest BCUT2D eigenvalue weighted by Gasteiger charge is -2.31. The third kappa shape index (κ3) is 4.30. The fourth-order valence-electron chi connectivity index (χ4n) is 3.03. The van der Waals surface area contributed by atoms with E-state index in [-0.39, 0.29) is 28.0 Å². The maximum absolute atomic E-state index is 13.8. The minimum atomic E-state index is -3.98. The smallest absolute Gasteiger partial charge is 0.244 e. The summed E-state index contributed by atoms with van der Waals surface area (Å²) in [5.41, 5.74) is -0.551. The van der Waals surface area contributed by atoms with E-state index in [4.69, 9.17) is 23.2 Å². The molecule has 1 atom stereocenters. The molecule has 0 unspecified atom stereocenters. The Bertz CT molecular complexity index is 998. The number of hydrogen-bond donors (Lipinski definition) is 1. The Labute approximate surface area is 171 Å². The van der Waals surface area contributed by atoms with Gasteiger partial charge in [-0.1, -0.05) is 29.3 Å². The van der Waals surface area contributed by atoms with Gasteiger partial charge in [-0.05, 0) is 43.2 Å². The molecule has 0 bridgehead atoms. The first kappa shape index (κ1) is 21.0. The molecule has 28 heavy (non-hydrogen) atoms. The standard InChI is InChI=1S/C18H16Cl2F2N2O3S/c19-12-6-7-13(20)16(9-12)28(26,27)24-8-2-3-11(10-24)18(25)23-17-14(21)4-1-5-15(17)22/h1,4-7,9,11H,2-3,8,10H2,(H,23,25)/t11-/m1/s1. The van der Waals surface area contributed by atoms with Gasteiger partial charge in [-0.25, -0.2) is 17.2 Å². The molecule has 1 fully saturated rings. The molecule has 0 spiro atoms. The van der Waals surface area contributed by atoms with Gasteiger partial charge in [0, 0.05) is 18.1 Å². The van der Waals surface area contributed by atoms with Crippen molar-refractivity contribution in [1.82, 2.24) is 4.31 Å². The number of nitrogens with zero attached hydrogens (tertiary/aromatic N) is 1. The highest BCUT2D eigenvalue weighted by atomic mass is 35.5. The zero-order valence-corrected chi connectivity index (χ0v) is 16.8. The number of hydrogen-bond acceptors (Lipinski definition) is 3. The summed E-state index contributed by atoms with van der Waals surface area (Å²) in [4.78, 5) is 12.3. The van der Waals surface area contributed by atoms with Gasteiger partial charge in [-0.3, -0.25) is 4.79 Å². The van der Waals surface area contributed by atoms with Crippen molar-refractivity contribution in [1.29, 1.82) is 0 Å². The fraction of sp³-hybridized carbons (Fsp3) is 0.278. The van der Waals surface area contributed by atoms with Crippen LogP contribution >= 0.6 is 23.2 Å². The van der Waals surface area contributed by atoms with Gasteiger partial charge >= 0.3 is 0 Å². The maximum Gasteiger partial charge on any atom is 0.244 e. The largest absolute Gasteiger partial charge is 0.321 e. The highest BCUT2D eigenvalue weighted by Crippen LogP contribution is 2.31. The number of amides is 1. The summed E-state index contributed by atoms with van der Waals surface area (Å²) in [6, 6.07) is 7.33. The molecule has 1 heterocycles. The Kier molecular flexibility index (Phi) is 6.24. The van der Waals surface area contributed by atoms with Crippen LogP contribution < -0.4 is 5.32 Å². The number of anilines is 1. The van der Waals surface area contributed by atoms with Gasteiger partial charge < -0.3 is 5.32 Å². The molecule has 10 heteroatoms. The van der Waals surface area contributed by atoms with Gasteiger partial charge in [0.25, 0.3) is 0 Å². The van der Waals surface area contributed by atoms with Crippen LogP contribution in [0.2, 0.25) is 10.0 Å². The minimum Gasteiger partial charge on any atom is -0.321 e. The van der Waals surface area contributed by atoms with Gasteiger partial charge in [-0.15, -0.1) is 0 Å². The molecule has 0 aromatic heterocycles. The number of piperidine rings is 1. The quantitative estimate of drug-likeness (QED) is 0.757. The molecule has 150 valence electrons. The van der Waals surface area contributed by atoms with E-state index in [9.17, 15) is 22.0 Å². The molecule has 0 aliphatic carbocycles. The number of carbonyl (C=O) groups is 1. The predicted molar refractivity (Wildman–Crippen MR) is 103 cm³/mol. The molecule has 2 aromatic carbocycles. The SMILES string of the molecule is O=C(Nc1c(F)cccc1F)[C@@H]1CCCN(S(=O)(=O)c2cc(Cl)ccc2Cl)C1. The van der Waals surface area contributed by atoms with E-state index in [1.807, 2.05) is 0 Å². The Hall–Kier alpha value is -1.74. The van der Waals surface area contributed by atoms with Crippen LogP contribution in [-0.2, 0) is 14.8 Å². The molecule has 1 N–H and O–H groups in total. The zero-order chi connectivity index (χ0) is 20.5. The van der Waals surface area contributed by atoms with Crippen molar-refractivity contribution in [2.24, 2.45) is 5.92 Å². The molecule has 1 amide bonds. The molecule has 0 saturated carbocycles. The van der Waals surface area contributed by atoms with Crippen LogP contribution in [-0.4, -0.2) is 31.7 Å². The molecule has 3 rings (SSSR count). The predicted octanol–water partition coefficient (Wildman–Crippen LogP) is 4.31. The van der Waals surface area contributed by atoms with Crippen molar-refractivity contribution >= 4 is 44.8 Å². The molecular formula is C18H16Cl2F2N2O3S. The van der Waals surface area contributed by atoms with Gasteiger partial charge in [0.1, 0.15) is 22.2 Å². The van der Waals surface area contributed by atoms with Crippen LogP contribution in [0.25, 0.3) is 0 Å². The van der Waals surface area contributed by atoms with Gasteiger partial charge in [-0.2, -0.15) is 4.31 Å². The normalized spacial score (nSPS) is 18.1. The van der Waals surface area contributed by atoms with Gasteiger partial charge in [0.15, 0.2) is 0 Å². The maximum atomic E-state index is 13.8. The summed E-state index contributed by atoms with van der Waals surface area (Å²) < 4.78 is 54.5. The second-order valence-corrected chi connectivity index (χ2v) is 9.11. The fourth-order valence-corrected chi connectivity index (χ4v) is 5.29. The number of rotatable bonds is 4. The van der Waals surface area contributed by atoms with E-state index in [1.165, 1.54) is 24.3 Å². The van der Waals surface area contributed by atoms with Gasteiger partial charge in [0.05, 0.1) is 10.9 Å². The highest BCUT2D eigenvalue weighted by molar-refractivity contribution is 7.89. The van der Waals surface area contributed by atoms with E-state index in [0.29, 0.717) is 12.8 Å². The molecule has 1 aliphatic heterocycles. The summed E-state index contributed by atoms with van der Waals surface area (Å²) in [7, 11) is -3.98.